The van der Waals surface area contributed by atoms with Crippen LogP contribution in [0.1, 0.15) is 11.8 Å². The van der Waals surface area contributed by atoms with Crippen LogP contribution in [0.3, 0.4) is 0 Å². The van der Waals surface area contributed by atoms with Crippen molar-refractivity contribution in [2.75, 3.05) is 38.2 Å². The van der Waals surface area contributed by atoms with E-state index in [2.05, 4.69) is 15.2 Å². The molecule has 1 fully saturated rings. The maximum Gasteiger partial charge on any atom is 0.320 e. The summed E-state index contributed by atoms with van der Waals surface area (Å²) in [6.45, 7) is 2.88. The van der Waals surface area contributed by atoms with Gasteiger partial charge in [0.25, 0.3) is 0 Å². The topological polar surface area (TPSA) is 87.4 Å². The number of hydrogen-bond donors (Lipinski definition) is 1. The summed E-state index contributed by atoms with van der Waals surface area (Å²) in [6, 6.07) is 10.4. The van der Waals surface area contributed by atoms with Gasteiger partial charge in [-0.15, -0.1) is 0 Å². The Kier molecular flexibility index (Phi) is 5.44. The quantitative estimate of drug-likeness (QED) is 0.608. The van der Waals surface area contributed by atoms with Crippen molar-refractivity contribution in [1.82, 2.24) is 10.2 Å². The molecule has 2 aromatic rings. The van der Waals surface area contributed by atoms with Gasteiger partial charge < -0.3 is 19.0 Å². The summed E-state index contributed by atoms with van der Waals surface area (Å²) in [7, 11) is 1.25. The van der Waals surface area contributed by atoms with Crippen LogP contribution < -0.4 is 10.2 Å². The van der Waals surface area contributed by atoms with Crippen LogP contribution in [0.5, 0.6) is 0 Å². The number of halogens is 1. The summed E-state index contributed by atoms with van der Waals surface area (Å²) in [6.07, 6.45) is 1.50. The average Bonchev–Trinajstić information content (AvgIpc) is 3.28. The van der Waals surface area contributed by atoms with Crippen molar-refractivity contribution in [3.8, 4) is 0 Å². The Bertz CT molecular complexity index is 905. The lowest BCUT2D eigenvalue weighted by Crippen LogP contribution is -2.57. The van der Waals surface area contributed by atoms with Gasteiger partial charge in [0, 0.05) is 36.9 Å². The first-order chi connectivity index (χ1) is 14.1. The highest BCUT2D eigenvalue weighted by molar-refractivity contribution is 6.30. The first-order valence-corrected chi connectivity index (χ1v) is 9.70. The van der Waals surface area contributed by atoms with Gasteiger partial charge in [-0.3, -0.25) is 14.9 Å². The number of carbonyl (C=O) groups is 2. The predicted octanol–water partition coefficient (Wildman–Crippen LogP) is 2.07. The van der Waals surface area contributed by atoms with Crippen LogP contribution in [0.25, 0.3) is 0 Å². The van der Waals surface area contributed by atoms with Crippen molar-refractivity contribution >= 4 is 35.1 Å². The zero-order valence-corrected chi connectivity index (χ0v) is 16.6. The number of amides is 1. The lowest BCUT2D eigenvalue weighted by atomic mass is 9.95. The Labute approximate surface area is 173 Å². The van der Waals surface area contributed by atoms with Crippen molar-refractivity contribution in [2.45, 2.75) is 6.04 Å². The number of nitrogens with one attached hydrogen (secondary N) is 1. The first kappa shape index (κ1) is 19.3. The fourth-order valence-corrected chi connectivity index (χ4v) is 3.74. The monoisotopic (exact) mass is 416 g/mol. The lowest BCUT2D eigenvalue weighted by Gasteiger charge is -2.39. The smallest absolute Gasteiger partial charge is 0.320 e. The number of rotatable bonds is 3. The van der Waals surface area contributed by atoms with Gasteiger partial charge in [-0.2, -0.15) is 0 Å². The highest BCUT2D eigenvalue weighted by Crippen LogP contribution is 2.31. The van der Waals surface area contributed by atoms with E-state index in [0.717, 1.165) is 18.8 Å². The summed E-state index contributed by atoms with van der Waals surface area (Å²) in [5.74, 6) is -1.26. The molecule has 9 heteroatoms. The van der Waals surface area contributed by atoms with Gasteiger partial charge in [0.2, 0.25) is 11.9 Å². The highest BCUT2D eigenvalue weighted by Gasteiger charge is 2.43. The predicted molar refractivity (Wildman–Crippen MR) is 108 cm³/mol. The van der Waals surface area contributed by atoms with Crippen LogP contribution in [0, 0.1) is 5.92 Å². The number of nitrogens with zero attached hydrogens (tertiary/aromatic N) is 3. The van der Waals surface area contributed by atoms with Crippen molar-refractivity contribution in [2.24, 2.45) is 10.9 Å². The largest absolute Gasteiger partial charge is 0.468 e. The van der Waals surface area contributed by atoms with E-state index in [1.54, 1.807) is 12.1 Å². The van der Waals surface area contributed by atoms with Gasteiger partial charge in [0.05, 0.1) is 13.4 Å². The molecule has 0 unspecified atom stereocenters. The molecule has 0 bridgehead atoms. The Morgan fingerprint density at radius 3 is 2.48 bits per heavy atom. The number of esters is 1. The second-order valence-electron chi connectivity index (χ2n) is 6.85. The molecule has 1 aromatic heterocycles. The molecule has 0 aliphatic carbocycles. The second-order valence-corrected chi connectivity index (χ2v) is 7.29. The molecule has 1 saturated heterocycles. The average molecular weight is 417 g/mol. The van der Waals surface area contributed by atoms with E-state index in [4.69, 9.17) is 20.8 Å². The summed E-state index contributed by atoms with van der Waals surface area (Å²) < 4.78 is 10.2. The molecule has 0 radical (unpaired) electrons. The minimum Gasteiger partial charge on any atom is -0.468 e. The lowest BCUT2D eigenvalue weighted by molar-refractivity contribution is -0.151. The molecule has 0 saturated carbocycles. The number of anilines is 1. The van der Waals surface area contributed by atoms with Crippen LogP contribution in [0.15, 0.2) is 52.1 Å². The van der Waals surface area contributed by atoms with Crippen LogP contribution in [0.4, 0.5) is 5.69 Å². The number of aliphatic imine (C=N–C) groups is 1. The summed E-state index contributed by atoms with van der Waals surface area (Å²) in [4.78, 5) is 33.7. The van der Waals surface area contributed by atoms with Crippen molar-refractivity contribution in [1.29, 1.82) is 0 Å². The normalized spacial score (nSPS) is 22.1. The number of hydrogen-bond acceptors (Lipinski definition) is 7. The molecule has 1 amide bonds. The van der Waals surface area contributed by atoms with Crippen molar-refractivity contribution < 1.29 is 18.7 Å². The zero-order valence-electron chi connectivity index (χ0n) is 15.9. The van der Waals surface area contributed by atoms with Crippen LogP contribution >= 0.6 is 11.6 Å². The SMILES string of the molecule is COC(=O)[C@@H]1C(=O)NC(N2CCN(c3ccc(Cl)cc3)CC2)=N[C@@H]1c1ccco1. The number of furan rings is 1. The summed E-state index contributed by atoms with van der Waals surface area (Å²) in [5.41, 5.74) is 1.10. The van der Waals surface area contributed by atoms with Gasteiger partial charge in [0.1, 0.15) is 11.8 Å². The molecule has 2 aliphatic heterocycles. The van der Waals surface area contributed by atoms with Gasteiger partial charge in [-0.1, -0.05) is 11.6 Å². The third-order valence-electron chi connectivity index (χ3n) is 5.16. The zero-order chi connectivity index (χ0) is 20.4. The Morgan fingerprint density at radius 2 is 1.86 bits per heavy atom. The number of carbonyl (C=O) groups excluding carboxylic acids is 2. The Hall–Kier alpha value is -3.00. The summed E-state index contributed by atoms with van der Waals surface area (Å²) in [5, 5.41) is 3.47. The molecule has 29 heavy (non-hydrogen) atoms. The molecule has 4 rings (SSSR count). The van der Waals surface area contributed by atoms with Crippen molar-refractivity contribution in [3.05, 3.63) is 53.4 Å². The highest BCUT2D eigenvalue weighted by atomic mass is 35.5. The Balaban J connectivity index is 1.52. The van der Waals surface area contributed by atoms with Gasteiger partial charge in [-0.05, 0) is 36.4 Å². The van der Waals surface area contributed by atoms with E-state index in [1.807, 2.05) is 29.2 Å². The van der Waals surface area contributed by atoms with E-state index in [9.17, 15) is 9.59 Å². The van der Waals surface area contributed by atoms with Gasteiger partial charge in [0.15, 0.2) is 5.92 Å². The van der Waals surface area contributed by atoms with E-state index >= 15 is 0 Å². The molecule has 1 N–H and O–H groups in total. The summed E-state index contributed by atoms with van der Waals surface area (Å²) >= 11 is 5.97. The molecule has 0 spiro atoms. The maximum atomic E-state index is 12.7. The molecule has 1 aromatic carbocycles. The maximum absolute atomic E-state index is 12.7. The van der Waals surface area contributed by atoms with Crippen LogP contribution in [0.2, 0.25) is 5.02 Å². The molecule has 3 heterocycles. The minimum absolute atomic E-state index is 0.441. The second kappa shape index (κ2) is 8.16. The van der Waals surface area contributed by atoms with Gasteiger partial charge >= 0.3 is 5.97 Å². The number of ether oxygens (including phenoxy) is 1. The molecule has 2 atom stereocenters. The van der Waals surface area contributed by atoms with E-state index in [1.165, 1.54) is 13.4 Å². The van der Waals surface area contributed by atoms with Crippen LogP contribution in [-0.4, -0.2) is 56.0 Å². The third-order valence-corrected chi connectivity index (χ3v) is 5.41. The number of guanidine groups is 1. The molecular formula is C20H21ClN4O4. The first-order valence-electron chi connectivity index (χ1n) is 9.32. The fourth-order valence-electron chi connectivity index (χ4n) is 3.61. The number of benzene rings is 1. The third kappa shape index (κ3) is 3.93. The van der Waals surface area contributed by atoms with Gasteiger partial charge in [-0.25, -0.2) is 4.99 Å². The van der Waals surface area contributed by atoms with Crippen LogP contribution in [-0.2, 0) is 14.3 Å². The number of methoxy groups -OCH3 is 1. The van der Waals surface area contributed by atoms with E-state index in [-0.39, 0.29) is 0 Å². The minimum atomic E-state index is -1.08. The molecule has 152 valence electrons. The Morgan fingerprint density at radius 1 is 1.17 bits per heavy atom. The van der Waals surface area contributed by atoms with E-state index in [0.29, 0.717) is 29.8 Å². The van der Waals surface area contributed by atoms with Crippen molar-refractivity contribution in [3.63, 3.8) is 0 Å². The number of piperazine rings is 1. The molecule has 2 aliphatic rings. The molecular weight excluding hydrogens is 396 g/mol. The fraction of sp³-hybridized carbons (Fsp3) is 0.350. The van der Waals surface area contributed by atoms with E-state index < -0.39 is 23.8 Å². The molecule has 8 nitrogen and oxygen atoms in total. The standard InChI is InChI=1S/C20H21ClN4O4/c1-28-19(27)16-17(15-3-2-12-29-15)22-20(23-18(16)26)25-10-8-24(9-11-25)14-6-4-13(21)5-7-14/h2-7,12,16-17H,8-11H2,1H3,(H,22,23,26)/t16-,17+/m0/s1.